The van der Waals surface area contributed by atoms with E-state index in [0.29, 0.717) is 19.8 Å². The van der Waals surface area contributed by atoms with Crippen LogP contribution >= 0.6 is 0 Å². The van der Waals surface area contributed by atoms with Gasteiger partial charge in [0, 0.05) is 0 Å². The number of hydrogen-bond acceptors (Lipinski definition) is 4. The molecule has 0 bridgehead atoms. The largest absolute Gasteiger partial charge is 0.388 e. The van der Waals surface area contributed by atoms with Crippen LogP contribution in [0.15, 0.2) is 104 Å². The van der Waals surface area contributed by atoms with Gasteiger partial charge in [-0.2, -0.15) is 0 Å². The third-order valence-electron chi connectivity index (χ3n) is 4.94. The van der Waals surface area contributed by atoms with Crippen molar-refractivity contribution in [3.8, 4) is 0 Å². The molecule has 1 unspecified atom stereocenters. The van der Waals surface area contributed by atoms with E-state index in [1.165, 1.54) is 0 Å². The third-order valence-corrected chi connectivity index (χ3v) is 4.94. The monoisotopic (exact) mass is 418 g/mol. The van der Waals surface area contributed by atoms with E-state index in [4.69, 9.17) is 14.2 Å². The Balaban J connectivity index is 1.78. The highest BCUT2D eigenvalue weighted by Gasteiger charge is 2.37. The summed E-state index contributed by atoms with van der Waals surface area (Å²) in [4.78, 5) is 0. The molecule has 0 saturated heterocycles. The fourth-order valence-corrected chi connectivity index (χ4v) is 3.58. The van der Waals surface area contributed by atoms with Crippen molar-refractivity contribution in [2.45, 2.75) is 11.7 Å². The van der Waals surface area contributed by atoms with Gasteiger partial charge >= 0.3 is 0 Å². The lowest BCUT2D eigenvalue weighted by Gasteiger charge is -2.36. The van der Waals surface area contributed by atoms with Crippen molar-refractivity contribution in [3.63, 3.8) is 0 Å². The van der Waals surface area contributed by atoms with E-state index in [-0.39, 0.29) is 13.2 Å². The van der Waals surface area contributed by atoms with E-state index in [9.17, 15) is 5.11 Å². The highest BCUT2D eigenvalue weighted by atomic mass is 16.5. The maximum absolute atomic E-state index is 9.94. The van der Waals surface area contributed by atoms with Gasteiger partial charge in [0.25, 0.3) is 0 Å². The highest BCUT2D eigenvalue weighted by Crippen LogP contribution is 2.40. The van der Waals surface area contributed by atoms with Gasteiger partial charge in [-0.15, -0.1) is 6.58 Å². The van der Waals surface area contributed by atoms with E-state index in [2.05, 4.69) is 43.0 Å². The molecule has 0 radical (unpaired) electrons. The first-order chi connectivity index (χ1) is 15.3. The minimum atomic E-state index is -0.765. The summed E-state index contributed by atoms with van der Waals surface area (Å²) in [5.74, 6) is 0. The standard InChI is InChI=1S/C27H30O4/c1-2-18-29-21-26(28)22-30-19-20-31-27(23-12-6-3-7-13-23,24-14-8-4-9-15-24)25-16-10-5-11-17-25/h2-17,26,28H,1,18-22H2. The van der Waals surface area contributed by atoms with Crippen LogP contribution in [0.2, 0.25) is 0 Å². The van der Waals surface area contributed by atoms with Crippen LogP contribution in [0.5, 0.6) is 0 Å². The molecule has 0 aliphatic rings. The molecule has 0 saturated carbocycles. The molecular weight excluding hydrogens is 388 g/mol. The Labute approximate surface area is 184 Å². The fourth-order valence-electron chi connectivity index (χ4n) is 3.58. The Morgan fingerprint density at radius 1 is 0.710 bits per heavy atom. The van der Waals surface area contributed by atoms with Gasteiger partial charge in [0.1, 0.15) is 11.7 Å². The number of hydrogen-bond donors (Lipinski definition) is 1. The SMILES string of the molecule is C=CCOCC(O)COCCOC(c1ccccc1)(c1ccccc1)c1ccccc1. The Morgan fingerprint density at radius 3 is 1.61 bits per heavy atom. The predicted molar refractivity (Wildman–Crippen MR) is 123 cm³/mol. The molecule has 0 heterocycles. The molecule has 0 aliphatic carbocycles. The van der Waals surface area contributed by atoms with Crippen LogP contribution in [0.3, 0.4) is 0 Å². The van der Waals surface area contributed by atoms with Crippen molar-refractivity contribution >= 4 is 0 Å². The van der Waals surface area contributed by atoms with Crippen molar-refractivity contribution in [2.24, 2.45) is 0 Å². The minimum absolute atomic E-state index is 0.190. The molecule has 0 aliphatic heterocycles. The van der Waals surface area contributed by atoms with Gasteiger partial charge in [-0.1, -0.05) is 97.1 Å². The molecule has 3 aromatic rings. The summed E-state index contributed by atoms with van der Waals surface area (Å²) in [6.45, 7) is 5.12. The second kappa shape index (κ2) is 12.2. The number of benzene rings is 3. The molecule has 4 nitrogen and oxygen atoms in total. The average Bonchev–Trinajstić information content (AvgIpc) is 2.83. The number of ether oxygens (including phenoxy) is 3. The molecule has 3 aromatic carbocycles. The molecule has 0 fully saturated rings. The molecule has 0 aromatic heterocycles. The second-order valence-corrected chi connectivity index (χ2v) is 7.18. The summed E-state index contributed by atoms with van der Waals surface area (Å²) in [7, 11) is 0. The Bertz CT molecular complexity index is 784. The highest BCUT2D eigenvalue weighted by molar-refractivity contribution is 5.47. The van der Waals surface area contributed by atoms with Crippen molar-refractivity contribution in [1.29, 1.82) is 0 Å². The summed E-state index contributed by atoms with van der Waals surface area (Å²) in [5, 5.41) is 9.94. The molecule has 0 spiro atoms. The minimum Gasteiger partial charge on any atom is -0.388 e. The van der Waals surface area contributed by atoms with Crippen LogP contribution < -0.4 is 0 Å². The zero-order chi connectivity index (χ0) is 21.8. The van der Waals surface area contributed by atoms with E-state index in [1.807, 2.05) is 54.6 Å². The van der Waals surface area contributed by atoms with Crippen LogP contribution in [0.4, 0.5) is 0 Å². The summed E-state index contributed by atoms with van der Waals surface area (Å²) in [6.07, 6.45) is 0.972. The fraction of sp³-hybridized carbons (Fsp3) is 0.259. The van der Waals surface area contributed by atoms with E-state index < -0.39 is 11.7 Å². The lowest BCUT2D eigenvalue weighted by molar-refractivity contribution is -0.0517. The normalized spacial score (nSPS) is 12.4. The van der Waals surface area contributed by atoms with Gasteiger partial charge in [-0.3, -0.25) is 0 Å². The van der Waals surface area contributed by atoms with Gasteiger partial charge in [-0.25, -0.2) is 0 Å². The summed E-state index contributed by atoms with van der Waals surface area (Å²) in [5.41, 5.74) is 2.37. The first kappa shape index (κ1) is 22.9. The molecule has 1 N–H and O–H groups in total. The zero-order valence-electron chi connectivity index (χ0n) is 17.7. The molecule has 0 amide bonds. The Hall–Kier alpha value is -2.76. The smallest absolute Gasteiger partial charge is 0.143 e. The number of rotatable bonds is 13. The molecule has 3 rings (SSSR count). The van der Waals surface area contributed by atoms with Crippen LogP contribution in [0.1, 0.15) is 16.7 Å². The molecule has 4 heteroatoms. The van der Waals surface area contributed by atoms with Crippen molar-refractivity contribution in [1.82, 2.24) is 0 Å². The van der Waals surface area contributed by atoms with Crippen molar-refractivity contribution in [3.05, 3.63) is 120 Å². The van der Waals surface area contributed by atoms with E-state index in [0.717, 1.165) is 16.7 Å². The molecular formula is C27H30O4. The van der Waals surface area contributed by atoms with Crippen LogP contribution in [-0.4, -0.2) is 44.2 Å². The first-order valence-electron chi connectivity index (χ1n) is 10.5. The van der Waals surface area contributed by atoms with Crippen molar-refractivity contribution in [2.75, 3.05) is 33.0 Å². The lowest BCUT2D eigenvalue weighted by Crippen LogP contribution is -2.34. The topological polar surface area (TPSA) is 47.9 Å². The second-order valence-electron chi connectivity index (χ2n) is 7.18. The van der Waals surface area contributed by atoms with Crippen molar-refractivity contribution < 1.29 is 19.3 Å². The summed E-state index contributed by atoms with van der Waals surface area (Å²) in [6, 6.07) is 30.7. The molecule has 1 atom stereocenters. The van der Waals surface area contributed by atoms with E-state index in [1.54, 1.807) is 6.08 Å². The van der Waals surface area contributed by atoms with Crippen LogP contribution in [0.25, 0.3) is 0 Å². The first-order valence-corrected chi connectivity index (χ1v) is 10.5. The zero-order valence-corrected chi connectivity index (χ0v) is 17.7. The number of aliphatic hydroxyl groups is 1. The van der Waals surface area contributed by atoms with Gasteiger partial charge in [0.2, 0.25) is 0 Å². The van der Waals surface area contributed by atoms with Gasteiger partial charge in [-0.05, 0) is 16.7 Å². The van der Waals surface area contributed by atoms with E-state index >= 15 is 0 Å². The maximum atomic E-state index is 9.94. The predicted octanol–water partition coefficient (Wildman–Crippen LogP) is 4.58. The lowest BCUT2D eigenvalue weighted by atomic mass is 9.80. The maximum Gasteiger partial charge on any atom is 0.143 e. The Kier molecular flexibility index (Phi) is 9.00. The summed E-state index contributed by atoms with van der Waals surface area (Å²) < 4.78 is 17.5. The number of aliphatic hydroxyl groups excluding tert-OH is 1. The average molecular weight is 419 g/mol. The van der Waals surface area contributed by atoms with Gasteiger partial charge in [0.15, 0.2) is 0 Å². The quantitative estimate of drug-likeness (QED) is 0.251. The van der Waals surface area contributed by atoms with Gasteiger partial charge in [0.05, 0.1) is 33.0 Å². The van der Waals surface area contributed by atoms with Gasteiger partial charge < -0.3 is 19.3 Å². The van der Waals surface area contributed by atoms with Crippen LogP contribution in [0, 0.1) is 0 Å². The Morgan fingerprint density at radius 2 is 1.16 bits per heavy atom. The molecule has 162 valence electrons. The molecule has 31 heavy (non-hydrogen) atoms. The summed E-state index contributed by atoms with van der Waals surface area (Å²) >= 11 is 0. The van der Waals surface area contributed by atoms with Crippen LogP contribution in [-0.2, 0) is 19.8 Å². The third kappa shape index (κ3) is 6.12.